The Hall–Kier alpha value is -5.26. The molecule has 0 aliphatic heterocycles. The summed E-state index contributed by atoms with van der Waals surface area (Å²) in [6.07, 6.45) is 4.42. The Morgan fingerprint density at radius 2 is 1.60 bits per heavy atom. The Kier molecular flexibility index (Phi) is 11.7. The Labute approximate surface area is 251 Å². The van der Waals surface area contributed by atoms with Gasteiger partial charge in [0.25, 0.3) is 0 Å². The van der Waals surface area contributed by atoms with E-state index in [9.17, 15) is 14.4 Å². The molecular weight excluding hydrogens is 546 g/mol. The van der Waals surface area contributed by atoms with Gasteiger partial charge in [0.15, 0.2) is 5.96 Å². The summed E-state index contributed by atoms with van der Waals surface area (Å²) < 4.78 is 0. The van der Waals surface area contributed by atoms with Crippen LogP contribution in [0.25, 0.3) is 0 Å². The van der Waals surface area contributed by atoms with Crippen molar-refractivity contribution in [3.05, 3.63) is 101 Å². The summed E-state index contributed by atoms with van der Waals surface area (Å²) in [6, 6.07) is 18.1. The number of hydrogen-bond donors (Lipinski definition) is 6. The number of likely N-dealkylation sites (N-methyl/N-ethyl adjacent to an activating group) is 1. The lowest BCUT2D eigenvalue weighted by atomic mass is 9.90. The molecule has 3 atom stereocenters. The molecule has 1 unspecified atom stereocenters. The van der Waals surface area contributed by atoms with E-state index in [1.807, 2.05) is 48.5 Å². The predicted molar refractivity (Wildman–Crippen MR) is 166 cm³/mol. The molecule has 12 nitrogen and oxygen atoms in total. The number of hydrogen-bond acceptors (Lipinski definition) is 6. The number of primary amides is 1. The number of nitrogen functional groups attached to an aromatic ring is 1. The average molecular weight is 586 g/mol. The fraction of sp³-hybridized carbons (Fsp3) is 0.290. The van der Waals surface area contributed by atoms with Crippen molar-refractivity contribution in [2.24, 2.45) is 27.9 Å². The third-order valence-corrected chi connectivity index (χ3v) is 7.08. The molecular formula is C31H39N9O3. The van der Waals surface area contributed by atoms with Crippen LogP contribution >= 0.6 is 0 Å². The van der Waals surface area contributed by atoms with E-state index in [4.69, 9.17) is 28.3 Å². The maximum absolute atomic E-state index is 14.2. The van der Waals surface area contributed by atoms with Crippen LogP contribution in [0.5, 0.6) is 0 Å². The van der Waals surface area contributed by atoms with E-state index < -0.39 is 29.8 Å². The summed E-state index contributed by atoms with van der Waals surface area (Å²) in [7, 11) is 1.58. The summed E-state index contributed by atoms with van der Waals surface area (Å²) in [4.78, 5) is 49.7. The molecule has 0 radical (unpaired) electrons. The monoisotopic (exact) mass is 585 g/mol. The normalized spacial score (nSPS) is 12.8. The highest BCUT2D eigenvalue weighted by Gasteiger charge is 2.34. The largest absolute Gasteiger partial charge is 0.384 e. The number of pyridine rings is 1. The van der Waals surface area contributed by atoms with Crippen molar-refractivity contribution in [3.63, 3.8) is 0 Å². The Bertz CT molecular complexity index is 1410. The number of guanidine groups is 1. The van der Waals surface area contributed by atoms with Crippen LogP contribution in [0.15, 0.2) is 84.1 Å². The molecule has 0 spiro atoms. The number of nitrogens with one attached hydrogen (secondary N) is 2. The highest BCUT2D eigenvalue weighted by atomic mass is 16.2. The Balaban J connectivity index is 1.90. The quantitative estimate of drug-likeness (QED) is 0.0854. The molecule has 0 saturated carbocycles. The van der Waals surface area contributed by atoms with Crippen molar-refractivity contribution in [1.29, 1.82) is 5.41 Å². The third kappa shape index (κ3) is 9.66. The number of nitrogens with zero attached hydrogens (tertiary/aromatic N) is 3. The number of carbonyl (C=O) groups excluding carboxylic acids is 3. The summed E-state index contributed by atoms with van der Waals surface area (Å²) in [5.41, 5.74) is 24.9. The number of carbonyl (C=O) groups is 3. The zero-order chi connectivity index (χ0) is 31.4. The number of aliphatic imine (C=N–C) groups is 1. The Morgan fingerprint density at radius 3 is 2.19 bits per heavy atom. The number of rotatable bonds is 15. The fourth-order valence-electron chi connectivity index (χ4n) is 4.69. The van der Waals surface area contributed by atoms with Crippen LogP contribution in [0.2, 0.25) is 0 Å². The van der Waals surface area contributed by atoms with Crippen LogP contribution in [0.4, 0.5) is 0 Å². The fourth-order valence-corrected chi connectivity index (χ4v) is 4.69. The first-order valence-corrected chi connectivity index (χ1v) is 13.9. The van der Waals surface area contributed by atoms with E-state index in [-0.39, 0.29) is 37.1 Å². The van der Waals surface area contributed by atoms with Crippen molar-refractivity contribution in [1.82, 2.24) is 15.2 Å². The van der Waals surface area contributed by atoms with Crippen molar-refractivity contribution < 1.29 is 14.4 Å². The molecule has 3 amide bonds. The van der Waals surface area contributed by atoms with Gasteiger partial charge in [-0.25, -0.2) is 0 Å². The second kappa shape index (κ2) is 15.7. The van der Waals surface area contributed by atoms with Gasteiger partial charge in [0.2, 0.25) is 17.7 Å². The lowest BCUT2D eigenvalue weighted by Crippen LogP contribution is -2.54. The second-order valence-corrected chi connectivity index (χ2v) is 10.2. The van der Waals surface area contributed by atoms with E-state index in [0.717, 1.165) is 11.1 Å². The van der Waals surface area contributed by atoms with Crippen molar-refractivity contribution >= 4 is 29.5 Å². The summed E-state index contributed by atoms with van der Waals surface area (Å²) in [6.45, 7) is 0.272. The van der Waals surface area contributed by atoms with Gasteiger partial charge in [-0.15, -0.1) is 0 Å². The average Bonchev–Trinajstić information content (AvgIpc) is 3.00. The van der Waals surface area contributed by atoms with Gasteiger partial charge in [-0.05, 0) is 42.0 Å². The van der Waals surface area contributed by atoms with Crippen molar-refractivity contribution in [2.75, 3.05) is 13.6 Å². The van der Waals surface area contributed by atoms with Crippen molar-refractivity contribution in [3.8, 4) is 0 Å². The minimum Gasteiger partial charge on any atom is -0.384 e. The Morgan fingerprint density at radius 1 is 0.930 bits per heavy atom. The molecule has 3 rings (SSSR count). The molecule has 43 heavy (non-hydrogen) atoms. The van der Waals surface area contributed by atoms with Crippen LogP contribution in [-0.4, -0.2) is 65.1 Å². The smallest absolute Gasteiger partial charge is 0.243 e. The second-order valence-electron chi connectivity index (χ2n) is 10.2. The predicted octanol–water partition coefficient (Wildman–Crippen LogP) is 0.785. The van der Waals surface area contributed by atoms with E-state index in [2.05, 4.69) is 15.3 Å². The molecule has 0 fully saturated rings. The van der Waals surface area contributed by atoms with E-state index in [0.29, 0.717) is 24.0 Å². The van der Waals surface area contributed by atoms with Gasteiger partial charge >= 0.3 is 0 Å². The maximum Gasteiger partial charge on any atom is 0.243 e. The van der Waals surface area contributed by atoms with Gasteiger partial charge in [0, 0.05) is 38.0 Å². The number of amidine groups is 1. The maximum atomic E-state index is 14.2. The van der Waals surface area contributed by atoms with Crippen LogP contribution in [0.3, 0.4) is 0 Å². The molecule has 1 aromatic heterocycles. The first-order chi connectivity index (χ1) is 20.6. The molecule has 3 aromatic rings. The molecule has 0 bridgehead atoms. The molecule has 0 aliphatic carbocycles. The van der Waals surface area contributed by atoms with Gasteiger partial charge in [-0.1, -0.05) is 60.7 Å². The summed E-state index contributed by atoms with van der Waals surface area (Å²) >= 11 is 0. The standard InChI is InChI=1S/C31H39N9O3/c1-40(30(43)24(23-9-5-15-37-19-23)17-21-11-13-22(14-12-21)27(32)33)26(18-20-7-3-2-4-8-20)29(42)39-25(28(34)41)10-6-16-38-31(35)36/h2-5,7-9,11-15,19,24-26H,6,10,16-18H2,1H3,(H3,32,33)(H2,34,41)(H,39,42)(H4,35,36,38)/t24?,25-,26-/m0/s1. The third-order valence-electron chi connectivity index (χ3n) is 7.08. The van der Waals surface area contributed by atoms with Gasteiger partial charge in [-0.3, -0.25) is 29.8 Å². The zero-order valence-electron chi connectivity index (χ0n) is 24.1. The molecule has 0 saturated heterocycles. The van der Waals surface area contributed by atoms with Gasteiger partial charge in [-0.2, -0.15) is 0 Å². The van der Waals surface area contributed by atoms with E-state index in [1.54, 1.807) is 37.6 Å². The topological polar surface area (TPSA) is 220 Å². The van der Waals surface area contributed by atoms with Gasteiger partial charge in [0.1, 0.15) is 17.9 Å². The first-order valence-electron chi connectivity index (χ1n) is 13.9. The van der Waals surface area contributed by atoms with Crippen LogP contribution in [0, 0.1) is 5.41 Å². The number of benzene rings is 2. The molecule has 0 aliphatic rings. The minimum absolute atomic E-state index is 0.0496. The first kappa shape index (κ1) is 32.3. The zero-order valence-corrected chi connectivity index (χ0v) is 24.1. The lowest BCUT2D eigenvalue weighted by Gasteiger charge is -2.32. The number of aromatic nitrogens is 1. The molecule has 10 N–H and O–H groups in total. The number of amides is 3. The lowest BCUT2D eigenvalue weighted by molar-refractivity contribution is -0.141. The van der Waals surface area contributed by atoms with E-state index >= 15 is 0 Å². The van der Waals surface area contributed by atoms with Crippen LogP contribution in [0.1, 0.15) is 41.0 Å². The highest BCUT2D eigenvalue weighted by molar-refractivity contribution is 5.95. The molecule has 226 valence electrons. The van der Waals surface area contributed by atoms with Gasteiger partial charge < -0.3 is 33.2 Å². The van der Waals surface area contributed by atoms with Crippen LogP contribution < -0.4 is 28.3 Å². The van der Waals surface area contributed by atoms with Gasteiger partial charge in [0.05, 0.1) is 5.92 Å². The SMILES string of the molecule is CN(C(=O)C(Cc1ccc(C(=N)N)cc1)c1cccnc1)[C@@H](Cc1ccccc1)C(=O)N[C@@H](CCCN=C(N)N)C(N)=O. The minimum atomic E-state index is -0.975. The molecule has 1 heterocycles. The van der Waals surface area contributed by atoms with Crippen molar-refractivity contribution in [2.45, 2.75) is 43.7 Å². The number of nitrogens with two attached hydrogens (primary N) is 4. The summed E-state index contributed by atoms with van der Waals surface area (Å²) in [5, 5.41) is 10.4. The highest BCUT2D eigenvalue weighted by Crippen LogP contribution is 2.25. The molecule has 12 heteroatoms. The van der Waals surface area contributed by atoms with E-state index in [1.165, 1.54) is 4.90 Å². The molecule has 2 aromatic carbocycles. The summed E-state index contributed by atoms with van der Waals surface area (Å²) in [5.74, 6) is -2.30. The van der Waals surface area contributed by atoms with Crippen LogP contribution in [-0.2, 0) is 27.2 Å².